The lowest BCUT2D eigenvalue weighted by molar-refractivity contribution is -0.139. The summed E-state index contributed by atoms with van der Waals surface area (Å²) in [4.78, 5) is 66.0. The molecular formula is C46H53N9O9. The topological polar surface area (TPSA) is 272 Å². The number of fused-ring (bicyclic) bond motifs is 8. The molecule has 336 valence electrons. The molecule has 18 heteroatoms. The highest BCUT2D eigenvalue weighted by Crippen LogP contribution is 2.31. The van der Waals surface area contributed by atoms with Crippen molar-refractivity contribution in [2.75, 3.05) is 37.6 Å². The molecule has 0 saturated heterocycles. The Morgan fingerprint density at radius 3 is 1.19 bits per heavy atom. The fourth-order valence-corrected chi connectivity index (χ4v) is 7.76. The Hall–Kier alpha value is -7.12. The van der Waals surface area contributed by atoms with Crippen LogP contribution >= 0.6 is 0 Å². The number of carbonyl (C=O) groups excluding carboxylic acids is 1. The Labute approximate surface area is 370 Å². The number of amides is 1. The van der Waals surface area contributed by atoms with E-state index in [2.05, 4.69) is 5.32 Å². The zero-order valence-electron chi connectivity index (χ0n) is 35.5. The van der Waals surface area contributed by atoms with Crippen molar-refractivity contribution in [3.63, 3.8) is 0 Å². The number of phenolic OH excluding ortho intramolecular Hbond substituents is 2. The van der Waals surface area contributed by atoms with Crippen molar-refractivity contribution >= 4 is 35.2 Å². The molecule has 0 unspecified atom stereocenters. The first-order valence-electron chi connectivity index (χ1n) is 20.5. The van der Waals surface area contributed by atoms with Gasteiger partial charge < -0.3 is 42.3 Å². The van der Waals surface area contributed by atoms with Gasteiger partial charge in [0, 0.05) is 92.5 Å². The van der Waals surface area contributed by atoms with Gasteiger partial charge in [0.1, 0.15) is 11.5 Å². The second kappa shape index (κ2) is 21.3. The highest BCUT2D eigenvalue weighted by Gasteiger charge is 2.23. The molecule has 0 fully saturated rings. The third-order valence-electron chi connectivity index (χ3n) is 10.5. The molecule has 0 atom stereocenters. The molecule has 1 aliphatic rings. The van der Waals surface area contributed by atoms with E-state index in [4.69, 9.17) is 21.4 Å². The summed E-state index contributed by atoms with van der Waals surface area (Å²) in [6.07, 6.45) is 0. The number of phenols is 2. The first kappa shape index (κ1) is 46.4. The molecule has 0 aliphatic carbocycles. The molecule has 1 amide bonds. The molecule has 5 aromatic rings. The SMILES string of the molecule is Cc1ccc(CNC(=O)CN2Cc3cccc(n3)CN(CC(=O)O)Cc3cc(N)cc(c3O)CN(CC(=O)O)Cc3cccc(n3)CN(CC(=O)O)Cc3cc(N)cc(c3O)C2)cc1. The summed E-state index contributed by atoms with van der Waals surface area (Å²) in [6.45, 7) is 0.972. The van der Waals surface area contributed by atoms with E-state index < -0.39 is 37.5 Å². The van der Waals surface area contributed by atoms with Crippen molar-refractivity contribution in [2.45, 2.75) is 65.8 Å². The number of rotatable bonds is 10. The number of aliphatic carboxylic acids is 3. The van der Waals surface area contributed by atoms with Crippen LogP contribution in [0.4, 0.5) is 11.4 Å². The average Bonchev–Trinajstić information content (AvgIpc) is 3.20. The number of carboxylic acid groups (broad SMARTS) is 3. The molecular weight excluding hydrogens is 823 g/mol. The second-order valence-electron chi connectivity index (χ2n) is 16.1. The van der Waals surface area contributed by atoms with Crippen LogP contribution in [0.15, 0.2) is 84.9 Å². The van der Waals surface area contributed by atoms with Crippen molar-refractivity contribution in [2.24, 2.45) is 0 Å². The smallest absolute Gasteiger partial charge is 0.317 e. The number of benzene rings is 3. The lowest BCUT2D eigenvalue weighted by Gasteiger charge is -2.26. The van der Waals surface area contributed by atoms with Gasteiger partial charge in [-0.2, -0.15) is 0 Å². The minimum atomic E-state index is -1.13. The number of carboxylic acids is 3. The van der Waals surface area contributed by atoms with E-state index in [1.165, 1.54) is 12.1 Å². The maximum atomic E-state index is 13.5. The molecule has 10 N–H and O–H groups in total. The monoisotopic (exact) mass is 875 g/mol. The van der Waals surface area contributed by atoms with Crippen LogP contribution in [0.1, 0.15) is 56.2 Å². The van der Waals surface area contributed by atoms with E-state index >= 15 is 0 Å². The number of aromatic nitrogens is 2. The minimum Gasteiger partial charge on any atom is -0.507 e. The average molecular weight is 876 g/mol. The molecule has 0 saturated carbocycles. The van der Waals surface area contributed by atoms with Crippen molar-refractivity contribution < 1.29 is 44.7 Å². The van der Waals surface area contributed by atoms with E-state index in [0.29, 0.717) is 50.7 Å². The lowest BCUT2D eigenvalue weighted by atomic mass is 10.0. The number of aryl methyl sites for hydroxylation is 1. The molecule has 3 aromatic carbocycles. The zero-order valence-corrected chi connectivity index (χ0v) is 35.5. The minimum absolute atomic E-state index is 0.0234. The number of anilines is 2. The van der Waals surface area contributed by atoms with Crippen LogP contribution in [0.25, 0.3) is 0 Å². The number of aromatic hydroxyl groups is 2. The number of nitrogens with two attached hydrogens (primary N) is 2. The van der Waals surface area contributed by atoms with Crippen LogP contribution in [-0.4, -0.2) is 105 Å². The van der Waals surface area contributed by atoms with Gasteiger partial charge in [-0.25, -0.2) is 0 Å². The Balaban J connectivity index is 1.40. The fourth-order valence-electron chi connectivity index (χ4n) is 7.76. The third-order valence-corrected chi connectivity index (χ3v) is 10.5. The van der Waals surface area contributed by atoms with Crippen molar-refractivity contribution in [3.05, 3.63) is 141 Å². The summed E-state index contributed by atoms with van der Waals surface area (Å²) in [6, 6.07) is 24.4. The van der Waals surface area contributed by atoms with Gasteiger partial charge in [-0.05, 0) is 61.0 Å². The number of pyridine rings is 2. The van der Waals surface area contributed by atoms with Crippen molar-refractivity contribution in [1.82, 2.24) is 34.9 Å². The van der Waals surface area contributed by atoms with Crippen LogP contribution in [0.5, 0.6) is 11.5 Å². The first-order chi connectivity index (χ1) is 30.5. The number of carbonyl (C=O) groups is 4. The highest BCUT2D eigenvalue weighted by molar-refractivity contribution is 5.78. The van der Waals surface area contributed by atoms with Gasteiger partial charge in [0.05, 0.1) is 49.0 Å². The predicted octanol–water partition coefficient (Wildman–Crippen LogP) is 3.25. The summed E-state index contributed by atoms with van der Waals surface area (Å²) in [7, 11) is 0. The van der Waals surface area contributed by atoms with E-state index in [1.54, 1.807) is 68.1 Å². The van der Waals surface area contributed by atoms with Gasteiger partial charge in [-0.3, -0.25) is 48.7 Å². The molecule has 2 aromatic heterocycles. The molecule has 64 heavy (non-hydrogen) atoms. The number of hydrogen-bond donors (Lipinski definition) is 8. The highest BCUT2D eigenvalue weighted by atomic mass is 16.4. The van der Waals surface area contributed by atoms with Crippen LogP contribution in [0.3, 0.4) is 0 Å². The molecule has 0 spiro atoms. The molecule has 1 aliphatic heterocycles. The van der Waals surface area contributed by atoms with Gasteiger partial charge >= 0.3 is 17.9 Å². The summed E-state index contributed by atoms with van der Waals surface area (Å²) in [5.41, 5.74) is 18.6. The third kappa shape index (κ3) is 13.7. The quantitative estimate of drug-likeness (QED) is 0.0739. The van der Waals surface area contributed by atoms with E-state index in [1.807, 2.05) is 31.2 Å². The van der Waals surface area contributed by atoms with E-state index in [-0.39, 0.29) is 88.5 Å². The summed E-state index contributed by atoms with van der Waals surface area (Å²) in [5, 5.41) is 56.0. The Bertz CT molecular complexity index is 2470. The normalized spacial score (nSPS) is 14.9. The van der Waals surface area contributed by atoms with Gasteiger partial charge in [0.25, 0.3) is 0 Å². The molecule has 3 heterocycles. The van der Waals surface area contributed by atoms with Gasteiger partial charge in [0.2, 0.25) is 5.91 Å². The molecule has 8 bridgehead atoms. The second-order valence-corrected chi connectivity index (χ2v) is 16.1. The van der Waals surface area contributed by atoms with Crippen molar-refractivity contribution in [1.29, 1.82) is 0 Å². The van der Waals surface area contributed by atoms with E-state index in [0.717, 1.165) is 11.1 Å². The predicted molar refractivity (Wildman–Crippen MR) is 236 cm³/mol. The van der Waals surface area contributed by atoms with Crippen LogP contribution in [-0.2, 0) is 78.1 Å². The van der Waals surface area contributed by atoms with Crippen LogP contribution < -0.4 is 16.8 Å². The Kier molecular flexibility index (Phi) is 15.4. The first-order valence-corrected chi connectivity index (χ1v) is 20.5. The number of hydrogen-bond acceptors (Lipinski definition) is 14. The Morgan fingerprint density at radius 2 is 0.859 bits per heavy atom. The maximum Gasteiger partial charge on any atom is 0.317 e. The Morgan fingerprint density at radius 1 is 0.531 bits per heavy atom. The molecule has 18 nitrogen and oxygen atoms in total. The molecule has 6 rings (SSSR count). The number of nitrogens with zero attached hydrogens (tertiary/aromatic N) is 6. The summed E-state index contributed by atoms with van der Waals surface area (Å²) >= 11 is 0. The lowest BCUT2D eigenvalue weighted by Crippen LogP contribution is -2.36. The molecule has 0 radical (unpaired) electrons. The summed E-state index contributed by atoms with van der Waals surface area (Å²) in [5.74, 6) is -3.97. The van der Waals surface area contributed by atoms with Crippen LogP contribution in [0.2, 0.25) is 0 Å². The largest absolute Gasteiger partial charge is 0.507 e. The van der Waals surface area contributed by atoms with Gasteiger partial charge in [0.15, 0.2) is 0 Å². The van der Waals surface area contributed by atoms with Gasteiger partial charge in [-0.1, -0.05) is 42.0 Å². The van der Waals surface area contributed by atoms with Crippen molar-refractivity contribution in [3.8, 4) is 11.5 Å². The maximum absolute atomic E-state index is 13.5. The fraction of sp³-hybridized carbons (Fsp3) is 0.304. The van der Waals surface area contributed by atoms with E-state index in [9.17, 15) is 44.7 Å². The van der Waals surface area contributed by atoms with Crippen LogP contribution in [0, 0.1) is 6.92 Å². The number of nitrogen functional groups attached to an aromatic ring is 2. The van der Waals surface area contributed by atoms with Gasteiger partial charge in [-0.15, -0.1) is 0 Å². The summed E-state index contributed by atoms with van der Waals surface area (Å²) < 4.78 is 0. The standard InChI is InChI=1S/C46H53N9O9/c1-29-8-10-30(11-9-29)16-49-41(56)25-52-17-31-12-35(47)13-32(45(31)63)18-53(26-42(57)58)23-39-6-3-7-40(51-39)24-55(28-44(61)62)20-34-15-36(48)14-33(46(34)64)19-54(27-43(59)60)22-38-5-2-4-37(21-52)50-38/h2-15,63-64H,16-28,47-48H2,1H3,(H,49,56)(H,57,58)(H,59,60)(H,61,62). The zero-order chi connectivity index (χ0) is 45.9. The number of nitrogens with one attached hydrogen (secondary N) is 1.